The number of hydrogen-bond donors (Lipinski definition) is 3. The van der Waals surface area contributed by atoms with Gasteiger partial charge < -0.3 is 29.2 Å². The highest BCUT2D eigenvalue weighted by Crippen LogP contribution is 2.34. The quantitative estimate of drug-likeness (QED) is 0.0708. The van der Waals surface area contributed by atoms with Gasteiger partial charge in [-0.1, -0.05) is 23.7 Å². The zero-order chi connectivity index (χ0) is 44.3. The van der Waals surface area contributed by atoms with E-state index in [2.05, 4.69) is 24.8 Å². The summed E-state index contributed by atoms with van der Waals surface area (Å²) >= 11 is 6.19. The molecular weight excluding hydrogens is 846 g/mol. The molecular formula is C46H48ClN7O8S. The Morgan fingerprint density at radius 3 is 2.46 bits per heavy atom. The fraction of sp³-hybridized carbons (Fsp3) is 0.304. The van der Waals surface area contributed by atoms with Crippen LogP contribution in [-0.4, -0.2) is 79.6 Å². The molecule has 2 fully saturated rings. The molecule has 0 spiro atoms. The van der Waals surface area contributed by atoms with Gasteiger partial charge in [-0.2, -0.15) is 0 Å². The van der Waals surface area contributed by atoms with E-state index in [-0.39, 0.29) is 34.5 Å². The van der Waals surface area contributed by atoms with Crippen molar-refractivity contribution >= 4 is 55.5 Å². The number of rotatable bonds is 14. The molecule has 2 aromatic heterocycles. The molecule has 17 heteroatoms. The first-order valence-corrected chi connectivity index (χ1v) is 22.7. The van der Waals surface area contributed by atoms with Crippen LogP contribution in [0.15, 0.2) is 113 Å². The summed E-state index contributed by atoms with van der Waals surface area (Å²) in [5, 5.41) is 16.7. The Kier molecular flexibility index (Phi) is 12.9. The van der Waals surface area contributed by atoms with Crippen LogP contribution in [-0.2, 0) is 21.3 Å². The SMILES string of the molecule is CC(C)n1cc(CN2CCN(c3ccc(C(=O)NS(=O)(=O)c4ccc(NCC5CCOCC5)c([N+](=O)[O-])c4)c(Oc4ccc5[nH]ccc5c4)c3)CC2)c(-c2ccc(Cl)cc2)cc1=O. The number of H-pyrrole nitrogens is 1. The fourth-order valence-corrected chi connectivity index (χ4v) is 9.16. The number of piperazine rings is 1. The molecule has 1 amide bonds. The number of anilines is 2. The van der Waals surface area contributed by atoms with Gasteiger partial charge in [0.1, 0.15) is 17.2 Å². The highest BCUT2D eigenvalue weighted by atomic mass is 35.5. The third-order valence-corrected chi connectivity index (χ3v) is 13.2. The van der Waals surface area contributed by atoms with Gasteiger partial charge in [0.25, 0.3) is 27.2 Å². The molecule has 2 saturated heterocycles. The van der Waals surface area contributed by atoms with Crippen molar-refractivity contribution in [3.05, 3.63) is 140 Å². The van der Waals surface area contributed by atoms with Gasteiger partial charge >= 0.3 is 0 Å². The van der Waals surface area contributed by atoms with Gasteiger partial charge in [-0.05, 0) is 110 Å². The number of aromatic nitrogens is 2. The van der Waals surface area contributed by atoms with Crippen LogP contribution in [0.5, 0.6) is 11.5 Å². The van der Waals surface area contributed by atoms with Crippen molar-refractivity contribution in [1.29, 1.82) is 0 Å². The lowest BCUT2D eigenvalue weighted by atomic mass is 10.0. The van der Waals surface area contributed by atoms with Gasteiger partial charge in [0.05, 0.1) is 15.4 Å². The van der Waals surface area contributed by atoms with E-state index in [0.29, 0.717) is 63.3 Å². The maximum Gasteiger partial charge on any atom is 0.293 e. The summed E-state index contributed by atoms with van der Waals surface area (Å²) in [6.07, 6.45) is 5.38. The van der Waals surface area contributed by atoms with Crippen LogP contribution in [0.4, 0.5) is 17.1 Å². The summed E-state index contributed by atoms with van der Waals surface area (Å²) in [4.78, 5) is 45.7. The van der Waals surface area contributed by atoms with Gasteiger partial charge in [0.2, 0.25) is 0 Å². The minimum Gasteiger partial charge on any atom is -0.456 e. The number of pyridine rings is 1. The van der Waals surface area contributed by atoms with E-state index in [1.165, 1.54) is 18.2 Å². The monoisotopic (exact) mass is 893 g/mol. The number of aromatic amines is 1. The van der Waals surface area contributed by atoms with E-state index < -0.39 is 31.4 Å². The average molecular weight is 894 g/mol. The predicted molar refractivity (Wildman–Crippen MR) is 244 cm³/mol. The first-order chi connectivity index (χ1) is 30.3. The van der Waals surface area contributed by atoms with Crippen LogP contribution < -0.4 is 25.2 Å². The van der Waals surface area contributed by atoms with Gasteiger partial charge in [-0.15, -0.1) is 0 Å². The Morgan fingerprint density at radius 1 is 0.968 bits per heavy atom. The predicted octanol–water partition coefficient (Wildman–Crippen LogP) is 8.21. The maximum atomic E-state index is 13.9. The van der Waals surface area contributed by atoms with E-state index in [1.54, 1.807) is 35.0 Å². The minimum absolute atomic E-state index is 0.0123. The zero-order valence-electron chi connectivity index (χ0n) is 34.9. The fourth-order valence-electron chi connectivity index (χ4n) is 8.05. The normalized spacial score (nSPS) is 15.1. The van der Waals surface area contributed by atoms with Crippen molar-refractivity contribution in [3.8, 4) is 22.6 Å². The van der Waals surface area contributed by atoms with Crippen molar-refractivity contribution in [2.75, 3.05) is 56.2 Å². The third-order valence-electron chi connectivity index (χ3n) is 11.6. The topological polar surface area (TPSA) is 181 Å². The van der Waals surface area contributed by atoms with E-state index >= 15 is 0 Å². The molecule has 3 N–H and O–H groups in total. The maximum absolute atomic E-state index is 13.9. The molecule has 2 aliphatic heterocycles. The number of ether oxygens (including phenoxy) is 2. The second kappa shape index (κ2) is 18.6. The molecule has 0 atom stereocenters. The molecule has 63 heavy (non-hydrogen) atoms. The van der Waals surface area contributed by atoms with Crippen molar-refractivity contribution in [3.63, 3.8) is 0 Å². The molecule has 0 aliphatic carbocycles. The number of benzene rings is 4. The van der Waals surface area contributed by atoms with Crippen molar-refractivity contribution < 1.29 is 27.6 Å². The first kappa shape index (κ1) is 43.4. The van der Waals surface area contributed by atoms with Crippen LogP contribution >= 0.6 is 11.6 Å². The lowest BCUT2D eigenvalue weighted by Gasteiger charge is -2.36. The van der Waals surface area contributed by atoms with Crippen molar-refractivity contribution in [2.24, 2.45) is 5.92 Å². The molecule has 15 nitrogen and oxygen atoms in total. The zero-order valence-corrected chi connectivity index (χ0v) is 36.5. The Bertz CT molecular complexity index is 2810. The smallest absolute Gasteiger partial charge is 0.293 e. The van der Waals surface area contributed by atoms with E-state index in [9.17, 15) is 28.1 Å². The van der Waals surface area contributed by atoms with Gasteiger partial charge in [0, 0.05) is 111 Å². The molecule has 8 rings (SSSR count). The van der Waals surface area contributed by atoms with Crippen LogP contribution in [0.1, 0.15) is 48.7 Å². The standard InChI is InChI=1S/C46H48ClN7O8S/c1-30(2)53-29-34(40(26-45(53)55)32-3-5-35(47)6-4-32)28-51-17-19-52(20-18-51)36-7-10-39(44(24-36)62-37-8-11-41-33(23-37)13-16-48-41)46(56)50-63(59,60)38-9-12-42(43(25-38)54(57)58)49-27-31-14-21-61-22-15-31/h3-13,16,23-26,29-31,48-49H,14-15,17-22,27-28H2,1-2H3,(H,50,56). The van der Waals surface area contributed by atoms with Crippen molar-refractivity contribution in [1.82, 2.24) is 19.2 Å². The van der Waals surface area contributed by atoms with Gasteiger partial charge in [-0.3, -0.25) is 24.6 Å². The summed E-state index contributed by atoms with van der Waals surface area (Å²) in [5.41, 5.74) is 4.09. The van der Waals surface area contributed by atoms with E-state index in [4.69, 9.17) is 21.1 Å². The summed E-state index contributed by atoms with van der Waals surface area (Å²) in [7, 11) is -4.57. The van der Waals surface area contributed by atoms with Crippen LogP contribution in [0.25, 0.3) is 22.0 Å². The Hall–Kier alpha value is -6.20. The lowest BCUT2D eigenvalue weighted by molar-refractivity contribution is -0.384. The molecule has 0 saturated carbocycles. The molecule has 2 aliphatic rings. The van der Waals surface area contributed by atoms with E-state index in [1.807, 2.05) is 62.5 Å². The third kappa shape index (κ3) is 10.0. The average Bonchev–Trinajstić information content (AvgIpc) is 3.75. The largest absolute Gasteiger partial charge is 0.456 e. The van der Waals surface area contributed by atoms with Crippen LogP contribution in [0, 0.1) is 16.0 Å². The summed E-state index contributed by atoms with van der Waals surface area (Å²) in [6, 6.07) is 25.0. The molecule has 0 bridgehead atoms. The molecule has 0 unspecified atom stereocenters. The molecule has 4 aromatic carbocycles. The number of carbonyl (C=O) groups excluding carboxylic acids is 1. The number of nitro benzene ring substituents is 1. The van der Waals surface area contributed by atoms with Crippen molar-refractivity contribution in [2.45, 2.75) is 44.2 Å². The highest BCUT2D eigenvalue weighted by molar-refractivity contribution is 7.90. The Balaban J connectivity index is 1.02. The number of nitro groups is 1. The second-order valence-electron chi connectivity index (χ2n) is 16.1. The number of hydrogen-bond acceptors (Lipinski definition) is 11. The lowest BCUT2D eigenvalue weighted by Crippen LogP contribution is -2.46. The minimum atomic E-state index is -4.57. The number of carbonyl (C=O) groups is 1. The van der Waals surface area contributed by atoms with Gasteiger partial charge in [0.15, 0.2) is 0 Å². The van der Waals surface area contributed by atoms with E-state index in [0.717, 1.165) is 52.2 Å². The molecule has 4 heterocycles. The highest BCUT2D eigenvalue weighted by Gasteiger charge is 2.28. The summed E-state index contributed by atoms with van der Waals surface area (Å²) in [6.45, 7) is 8.94. The second-order valence-corrected chi connectivity index (χ2v) is 18.3. The van der Waals surface area contributed by atoms with Gasteiger partial charge in [-0.25, -0.2) is 13.1 Å². The molecule has 0 radical (unpaired) electrons. The number of fused-ring (bicyclic) bond motifs is 1. The van der Waals surface area contributed by atoms with Crippen LogP contribution in [0.3, 0.4) is 0 Å². The number of amides is 1. The summed E-state index contributed by atoms with van der Waals surface area (Å²) in [5.74, 6) is -0.146. The first-order valence-electron chi connectivity index (χ1n) is 20.9. The number of halogens is 1. The number of nitrogens with one attached hydrogen (secondary N) is 3. The number of nitrogens with zero attached hydrogens (tertiary/aromatic N) is 4. The summed E-state index contributed by atoms with van der Waals surface area (Å²) < 4.78 is 43.0. The molecule has 6 aromatic rings. The number of sulfonamides is 1. The Morgan fingerprint density at radius 2 is 1.73 bits per heavy atom. The van der Waals surface area contributed by atoms with Crippen LogP contribution in [0.2, 0.25) is 5.02 Å². The Labute approximate surface area is 369 Å². The molecule has 328 valence electrons.